The zero-order valence-electron chi connectivity index (χ0n) is 16.5. The molecule has 5 rings (SSSR count). The summed E-state index contributed by atoms with van der Waals surface area (Å²) in [7, 11) is 3.14. The number of esters is 1. The molecule has 6 nitrogen and oxygen atoms in total. The molecule has 6 heteroatoms. The summed E-state index contributed by atoms with van der Waals surface area (Å²) in [6.07, 6.45) is 3.65. The van der Waals surface area contributed by atoms with Gasteiger partial charge in [0, 0.05) is 45.8 Å². The van der Waals surface area contributed by atoms with Crippen LogP contribution in [0.4, 0.5) is 0 Å². The molecule has 0 radical (unpaired) electrons. The van der Waals surface area contributed by atoms with Crippen LogP contribution in [0.3, 0.4) is 0 Å². The fraction of sp³-hybridized carbons (Fsp3) is 0.500. The molecule has 1 fully saturated rings. The minimum absolute atomic E-state index is 0. The van der Waals surface area contributed by atoms with Gasteiger partial charge in [-0.15, -0.1) is 0 Å². The molecule has 154 valence electrons. The molecule has 4 unspecified atom stereocenters. The molecular weight excluding hydrogens is 356 g/mol. The first-order valence-corrected chi connectivity index (χ1v) is 9.97. The van der Waals surface area contributed by atoms with Crippen LogP contribution >= 0.6 is 0 Å². The normalized spacial score (nSPS) is 29.2. The van der Waals surface area contributed by atoms with Crippen molar-refractivity contribution in [2.45, 2.75) is 31.9 Å². The van der Waals surface area contributed by atoms with Gasteiger partial charge in [-0.1, -0.05) is 0 Å². The van der Waals surface area contributed by atoms with Crippen molar-refractivity contribution in [1.29, 1.82) is 0 Å². The molecule has 1 aromatic carbocycles. The topological polar surface area (TPSA) is 63.8 Å². The van der Waals surface area contributed by atoms with E-state index < -0.39 is 0 Å². The summed E-state index contributed by atoms with van der Waals surface area (Å²) < 4.78 is 16.3. The molecule has 3 aliphatic rings. The van der Waals surface area contributed by atoms with Gasteiger partial charge in [0.15, 0.2) is 0 Å². The van der Waals surface area contributed by atoms with Crippen LogP contribution in [0.2, 0.25) is 0 Å². The van der Waals surface area contributed by atoms with Crippen LogP contribution in [0.1, 0.15) is 34.9 Å². The quantitative estimate of drug-likeness (QED) is 0.790. The van der Waals surface area contributed by atoms with E-state index in [2.05, 4.69) is 28.9 Å². The van der Waals surface area contributed by atoms with Gasteiger partial charge in [-0.3, -0.25) is 4.90 Å². The van der Waals surface area contributed by atoms with E-state index in [1.54, 1.807) is 13.4 Å². The van der Waals surface area contributed by atoms with Crippen LogP contribution in [-0.4, -0.2) is 49.3 Å². The lowest BCUT2D eigenvalue weighted by atomic mass is 9.72. The molecule has 0 spiro atoms. The predicted molar refractivity (Wildman–Crippen MR) is 111 cm³/mol. The molecule has 2 aromatic rings. The zero-order chi connectivity index (χ0) is 19.4. The molecule has 0 bridgehead atoms. The van der Waals surface area contributed by atoms with Gasteiger partial charge in [0.2, 0.25) is 0 Å². The largest absolute Gasteiger partial charge is 0.497 e. The number of hydrogen-bond acceptors (Lipinski definition) is 5. The number of carbonyl (C=O) groups excluding carboxylic acids is 1. The molecule has 0 amide bonds. The summed E-state index contributed by atoms with van der Waals surface area (Å²) >= 11 is 0. The maximum absolute atomic E-state index is 12.3. The minimum atomic E-state index is -0.271. The molecule has 3 aliphatic heterocycles. The number of nitrogens with one attached hydrogen (secondary N) is 1. The maximum Gasteiger partial charge on any atom is 0.337 e. The second kappa shape index (κ2) is 6.55. The van der Waals surface area contributed by atoms with Crippen molar-refractivity contribution >= 4 is 16.9 Å². The van der Waals surface area contributed by atoms with Gasteiger partial charge in [-0.25, -0.2) is 4.79 Å². The Kier molecular flexibility index (Phi) is 4.12. The second-order valence-corrected chi connectivity index (χ2v) is 8.10. The average molecular weight is 389 g/mol. The van der Waals surface area contributed by atoms with E-state index in [0.717, 1.165) is 37.2 Å². The Morgan fingerprint density at radius 2 is 2.21 bits per heavy atom. The highest BCUT2D eigenvalue weighted by molar-refractivity contribution is 5.89. The number of carbonyl (C=O) groups is 1. The standard InChI is InChI=1S/C22H26N2O4.3H2/c1-12-17-10-24-7-6-14-16-8-13(26-2)4-5-19(16)23-21(14)20(24)9-15(17)18(11-28-12)22(25)27-3;;;/h4-5,8,11-12,15,17,20,23H,6-7,9-10H2,1-3H3;3*1H. The third-order valence-electron chi connectivity index (χ3n) is 6.84. The van der Waals surface area contributed by atoms with Crippen molar-refractivity contribution < 1.29 is 23.3 Å². The summed E-state index contributed by atoms with van der Waals surface area (Å²) in [6, 6.07) is 6.50. The fourth-order valence-electron chi connectivity index (χ4n) is 5.34. The fourth-order valence-corrected chi connectivity index (χ4v) is 5.34. The van der Waals surface area contributed by atoms with E-state index in [9.17, 15) is 4.79 Å². The number of benzene rings is 1. The van der Waals surface area contributed by atoms with Crippen LogP contribution < -0.4 is 4.74 Å². The van der Waals surface area contributed by atoms with E-state index >= 15 is 0 Å². The number of piperidine rings is 1. The summed E-state index contributed by atoms with van der Waals surface area (Å²) in [4.78, 5) is 18.6. The van der Waals surface area contributed by atoms with Gasteiger partial charge in [0.05, 0.1) is 38.2 Å². The average Bonchev–Trinajstić information content (AvgIpc) is 3.10. The summed E-state index contributed by atoms with van der Waals surface area (Å²) in [5.74, 6) is 1.08. The molecular formula is C22H32N2O4. The Balaban J connectivity index is 0.00000114. The van der Waals surface area contributed by atoms with Gasteiger partial charge >= 0.3 is 5.97 Å². The Morgan fingerprint density at radius 3 is 3.00 bits per heavy atom. The third-order valence-corrected chi connectivity index (χ3v) is 6.84. The number of fused-ring (bicyclic) bond motifs is 6. The molecule has 28 heavy (non-hydrogen) atoms. The lowest BCUT2D eigenvalue weighted by Crippen LogP contribution is -2.51. The van der Waals surface area contributed by atoms with Gasteiger partial charge in [0.25, 0.3) is 0 Å². The number of methoxy groups -OCH3 is 2. The smallest absolute Gasteiger partial charge is 0.337 e. The zero-order valence-corrected chi connectivity index (χ0v) is 16.5. The summed E-state index contributed by atoms with van der Waals surface area (Å²) in [5, 5.41) is 1.25. The van der Waals surface area contributed by atoms with Gasteiger partial charge in [-0.05, 0) is 43.5 Å². The van der Waals surface area contributed by atoms with Gasteiger partial charge in [0.1, 0.15) is 5.75 Å². The highest BCUT2D eigenvalue weighted by Gasteiger charge is 2.46. The number of ether oxygens (including phenoxy) is 3. The van der Waals surface area contributed by atoms with Crippen molar-refractivity contribution in [2.75, 3.05) is 27.3 Å². The first kappa shape index (κ1) is 17.6. The van der Waals surface area contributed by atoms with Crippen molar-refractivity contribution in [2.24, 2.45) is 11.8 Å². The molecule has 4 heterocycles. The molecule has 1 aromatic heterocycles. The van der Waals surface area contributed by atoms with Gasteiger partial charge in [-0.2, -0.15) is 0 Å². The van der Waals surface area contributed by atoms with Crippen molar-refractivity contribution in [3.05, 3.63) is 41.3 Å². The van der Waals surface area contributed by atoms with E-state index in [4.69, 9.17) is 14.2 Å². The number of hydrogen-bond donors (Lipinski definition) is 1. The number of nitrogens with zero attached hydrogens (tertiary/aromatic N) is 1. The Bertz CT molecular complexity index is 977. The predicted octanol–water partition coefficient (Wildman–Crippen LogP) is 3.93. The lowest BCUT2D eigenvalue weighted by molar-refractivity contribution is -0.139. The van der Waals surface area contributed by atoms with Crippen LogP contribution in [-0.2, 0) is 20.7 Å². The summed E-state index contributed by atoms with van der Waals surface area (Å²) in [5.41, 5.74) is 4.50. The van der Waals surface area contributed by atoms with E-state index in [-0.39, 0.29) is 28.3 Å². The van der Waals surface area contributed by atoms with Crippen molar-refractivity contribution in [3.63, 3.8) is 0 Å². The van der Waals surface area contributed by atoms with Crippen LogP contribution in [0.25, 0.3) is 10.9 Å². The Hall–Kier alpha value is -2.47. The van der Waals surface area contributed by atoms with E-state index in [1.807, 2.05) is 6.07 Å². The number of aromatic amines is 1. The number of H-pyrrole nitrogens is 1. The second-order valence-electron chi connectivity index (χ2n) is 8.10. The molecule has 0 aliphatic carbocycles. The Labute approximate surface area is 168 Å². The third kappa shape index (κ3) is 2.54. The molecule has 1 N–H and O–H groups in total. The minimum Gasteiger partial charge on any atom is -0.497 e. The molecule has 4 atom stereocenters. The number of aromatic nitrogens is 1. The molecule has 1 saturated heterocycles. The van der Waals surface area contributed by atoms with Crippen LogP contribution in [0.5, 0.6) is 5.75 Å². The maximum atomic E-state index is 12.3. The lowest BCUT2D eigenvalue weighted by Gasteiger charge is -2.49. The molecule has 0 saturated carbocycles. The Morgan fingerprint density at radius 1 is 1.36 bits per heavy atom. The highest BCUT2D eigenvalue weighted by atomic mass is 16.5. The van der Waals surface area contributed by atoms with Crippen LogP contribution in [0.15, 0.2) is 30.0 Å². The van der Waals surface area contributed by atoms with E-state index in [1.165, 1.54) is 23.8 Å². The highest BCUT2D eigenvalue weighted by Crippen LogP contribution is 2.47. The van der Waals surface area contributed by atoms with Gasteiger partial charge < -0.3 is 19.2 Å². The monoisotopic (exact) mass is 388 g/mol. The number of rotatable bonds is 2. The van der Waals surface area contributed by atoms with Crippen molar-refractivity contribution in [1.82, 2.24) is 9.88 Å². The first-order valence-electron chi connectivity index (χ1n) is 9.97. The van der Waals surface area contributed by atoms with Crippen molar-refractivity contribution in [3.8, 4) is 5.75 Å². The van der Waals surface area contributed by atoms with Crippen LogP contribution in [0, 0.1) is 11.8 Å². The van der Waals surface area contributed by atoms with E-state index in [0.29, 0.717) is 11.5 Å². The SMILES string of the molecule is COC(=O)C1=COC(C)C2CN3CCc4c([nH]c5ccc(OC)cc45)C3CC12.[HH].[HH].[HH]. The summed E-state index contributed by atoms with van der Waals surface area (Å²) in [6.45, 7) is 4.06. The first-order chi connectivity index (χ1) is 13.6.